The Morgan fingerprint density at radius 1 is 1.11 bits per heavy atom. The van der Waals surface area contributed by atoms with Crippen LogP contribution < -0.4 is 0 Å². The van der Waals surface area contributed by atoms with Gasteiger partial charge in [0.15, 0.2) is 0 Å². The zero-order valence-electron chi connectivity index (χ0n) is 21.4. The molecule has 1 amide bonds. The molecule has 35 heavy (non-hydrogen) atoms. The number of aliphatic hydroxyl groups excluding tert-OH is 1. The van der Waals surface area contributed by atoms with Crippen molar-refractivity contribution in [2.75, 3.05) is 48.4 Å². The number of likely N-dealkylation sites (N-methyl/N-ethyl adjacent to an activating group) is 1. The first kappa shape index (κ1) is 23.3. The summed E-state index contributed by atoms with van der Waals surface area (Å²) in [5, 5.41) is 11.0. The summed E-state index contributed by atoms with van der Waals surface area (Å²) in [5.74, 6) is 0.279. The Labute approximate surface area is 206 Å². The highest BCUT2D eigenvalue weighted by Gasteiger charge is 2.95. The van der Waals surface area contributed by atoms with Crippen molar-refractivity contribution in [2.24, 2.45) is 34.5 Å². The van der Waals surface area contributed by atoms with Gasteiger partial charge in [-0.2, -0.15) is 0 Å². The van der Waals surface area contributed by atoms with Crippen LogP contribution in [0.4, 0.5) is 0 Å². The van der Waals surface area contributed by atoms with Crippen molar-refractivity contribution >= 4 is 5.91 Å². The van der Waals surface area contributed by atoms with Crippen LogP contribution in [0.2, 0.25) is 0 Å². The molecule has 2 aliphatic heterocycles. The molecule has 7 bridgehead atoms. The van der Waals surface area contributed by atoms with Gasteiger partial charge in [-0.05, 0) is 32.1 Å². The van der Waals surface area contributed by atoms with E-state index in [1.807, 2.05) is 11.8 Å². The lowest BCUT2D eigenvalue weighted by atomic mass is 9.42. The van der Waals surface area contributed by atoms with Crippen LogP contribution in [0.25, 0.3) is 0 Å². The normalized spacial score (nSPS) is 59.2. The predicted molar refractivity (Wildman–Crippen MR) is 121 cm³/mol. The zero-order chi connectivity index (χ0) is 24.5. The molecule has 0 aromatic heterocycles. The smallest absolute Gasteiger partial charge is 0.231 e. The average molecular weight is 494 g/mol. The molecule has 1 N–H and O–H groups in total. The number of amides is 1. The number of ether oxygens (including phenoxy) is 6. The molecule has 2 heterocycles. The highest BCUT2D eigenvalue weighted by molar-refractivity contribution is 5.87. The first-order valence-corrected chi connectivity index (χ1v) is 13.3. The summed E-state index contributed by atoms with van der Waals surface area (Å²) in [6.07, 6.45) is 2.33. The van der Waals surface area contributed by atoms with Crippen LogP contribution in [0.1, 0.15) is 32.6 Å². The Morgan fingerprint density at radius 2 is 1.91 bits per heavy atom. The van der Waals surface area contributed by atoms with Gasteiger partial charge in [-0.15, -0.1) is 0 Å². The van der Waals surface area contributed by atoms with Crippen LogP contribution in [-0.4, -0.2) is 106 Å². The molecule has 7 fully saturated rings. The number of piperidine rings is 1. The third-order valence-corrected chi connectivity index (χ3v) is 12.1. The number of carbonyl (C=O) groups excluding carboxylic acids is 1. The van der Waals surface area contributed by atoms with E-state index in [0.29, 0.717) is 19.4 Å². The fraction of sp³-hybridized carbons (Fsp3) is 0.962. The summed E-state index contributed by atoms with van der Waals surface area (Å²) in [4.78, 5) is 16.3. The average Bonchev–Trinajstić information content (AvgIpc) is 3.47. The van der Waals surface area contributed by atoms with Gasteiger partial charge in [-0.25, -0.2) is 0 Å². The highest BCUT2D eigenvalue weighted by atomic mass is 16.7. The van der Waals surface area contributed by atoms with Gasteiger partial charge >= 0.3 is 0 Å². The molecule has 0 aromatic carbocycles. The van der Waals surface area contributed by atoms with Gasteiger partial charge in [0.2, 0.25) is 5.91 Å². The van der Waals surface area contributed by atoms with Crippen molar-refractivity contribution in [3.63, 3.8) is 0 Å². The molecule has 7 aliphatic rings. The molecular formula is C26H39NO8. The molecule has 5 aliphatic carbocycles. The van der Waals surface area contributed by atoms with Crippen molar-refractivity contribution in [3.8, 4) is 0 Å². The monoisotopic (exact) mass is 493 g/mol. The summed E-state index contributed by atoms with van der Waals surface area (Å²) < 4.78 is 38.8. The Bertz CT molecular complexity index is 933. The van der Waals surface area contributed by atoms with E-state index in [1.165, 1.54) is 0 Å². The molecule has 13 atom stereocenters. The minimum Gasteiger partial charge on any atom is -0.395 e. The summed E-state index contributed by atoms with van der Waals surface area (Å²) in [6, 6.07) is -0.261. The molecule has 1 unspecified atom stereocenters. The quantitative estimate of drug-likeness (QED) is 0.581. The number of hydrogen-bond acceptors (Lipinski definition) is 8. The second-order valence-corrected chi connectivity index (χ2v) is 12.0. The molecule has 9 heteroatoms. The second kappa shape index (κ2) is 7.18. The lowest BCUT2D eigenvalue weighted by Gasteiger charge is -2.69. The fourth-order valence-corrected chi connectivity index (χ4v) is 11.5. The van der Waals surface area contributed by atoms with Gasteiger partial charge in [-0.1, -0.05) is 0 Å². The molecule has 2 saturated heterocycles. The number of methoxy groups -OCH3 is 4. The lowest BCUT2D eigenvalue weighted by molar-refractivity contribution is -0.278. The number of likely N-dealkylation sites (tertiary alicyclic amines) is 1. The highest BCUT2D eigenvalue weighted by Crippen LogP contribution is 2.82. The van der Waals surface area contributed by atoms with E-state index in [9.17, 15) is 9.90 Å². The van der Waals surface area contributed by atoms with Gasteiger partial charge in [0, 0.05) is 64.6 Å². The Hall–Kier alpha value is -0.810. The molecule has 196 valence electrons. The molecule has 0 radical (unpaired) electrons. The van der Waals surface area contributed by atoms with E-state index in [-0.39, 0.29) is 67.3 Å². The number of nitrogens with zero attached hydrogens (tertiary/aromatic N) is 1. The lowest BCUT2D eigenvalue weighted by Crippen LogP contribution is -2.82. The number of carbonyl (C=O) groups is 1. The topological polar surface area (TPSA) is 95.9 Å². The van der Waals surface area contributed by atoms with Crippen molar-refractivity contribution in [1.29, 1.82) is 0 Å². The number of hydrogen-bond donors (Lipinski definition) is 1. The predicted octanol–water partition coefficient (Wildman–Crippen LogP) is 0.817. The summed E-state index contributed by atoms with van der Waals surface area (Å²) in [7, 11) is 7.10. The molecule has 0 aromatic rings. The van der Waals surface area contributed by atoms with E-state index >= 15 is 0 Å². The van der Waals surface area contributed by atoms with Crippen molar-refractivity contribution in [3.05, 3.63) is 0 Å². The van der Waals surface area contributed by atoms with E-state index in [0.717, 1.165) is 12.8 Å². The number of fused-ring (bicyclic) bond motifs is 1. The Balaban J connectivity index is 1.60. The minimum absolute atomic E-state index is 0.0322. The molecule has 3 spiro atoms. The van der Waals surface area contributed by atoms with E-state index < -0.39 is 28.1 Å². The van der Waals surface area contributed by atoms with Crippen molar-refractivity contribution in [2.45, 2.75) is 74.3 Å². The van der Waals surface area contributed by atoms with E-state index in [1.54, 1.807) is 28.4 Å². The van der Waals surface area contributed by atoms with E-state index in [2.05, 4.69) is 0 Å². The Morgan fingerprint density at radius 3 is 2.54 bits per heavy atom. The third kappa shape index (κ3) is 2.03. The number of rotatable bonds is 6. The first-order valence-electron chi connectivity index (χ1n) is 13.3. The summed E-state index contributed by atoms with van der Waals surface area (Å²) in [6.45, 7) is 2.52. The fourth-order valence-electron chi connectivity index (χ4n) is 11.5. The van der Waals surface area contributed by atoms with Gasteiger partial charge in [0.05, 0.1) is 42.5 Å². The van der Waals surface area contributed by atoms with Crippen LogP contribution in [-0.2, 0) is 33.2 Å². The second-order valence-electron chi connectivity index (χ2n) is 12.0. The van der Waals surface area contributed by atoms with Gasteiger partial charge in [-0.3, -0.25) is 4.79 Å². The maximum atomic E-state index is 14.3. The van der Waals surface area contributed by atoms with Crippen LogP contribution in [0.3, 0.4) is 0 Å². The SMILES string of the molecule is CCN1C(=O)[C@]2(CO)CC[C@H](OC)[C@@]34C1[C@]1(OCO[C@@]15C[C@H](OC)[C@H]1C[C@@H]3[C@@H]5[C@H]1OC)[C@@H](OC)[C@H]24. The van der Waals surface area contributed by atoms with Gasteiger partial charge in [0.25, 0.3) is 0 Å². The maximum Gasteiger partial charge on any atom is 0.231 e. The van der Waals surface area contributed by atoms with E-state index in [4.69, 9.17) is 28.4 Å². The minimum atomic E-state index is -0.918. The van der Waals surface area contributed by atoms with Crippen LogP contribution in [0.15, 0.2) is 0 Å². The third-order valence-electron chi connectivity index (χ3n) is 12.1. The van der Waals surface area contributed by atoms with Crippen molar-refractivity contribution < 1.29 is 38.3 Å². The summed E-state index contributed by atoms with van der Waals surface area (Å²) in [5.41, 5.74) is -2.95. The Kier molecular flexibility index (Phi) is 4.79. The molecular weight excluding hydrogens is 454 g/mol. The molecule has 9 nitrogen and oxygen atoms in total. The molecule has 7 rings (SSSR count). The molecule has 5 saturated carbocycles. The van der Waals surface area contributed by atoms with Gasteiger partial charge < -0.3 is 38.4 Å². The largest absolute Gasteiger partial charge is 0.395 e. The van der Waals surface area contributed by atoms with Gasteiger partial charge in [0.1, 0.15) is 18.0 Å². The zero-order valence-corrected chi connectivity index (χ0v) is 21.4. The van der Waals surface area contributed by atoms with Crippen molar-refractivity contribution in [1.82, 2.24) is 4.90 Å². The number of aliphatic hydroxyl groups is 1. The first-order chi connectivity index (χ1) is 16.9. The standard InChI is InChI=1S/C26H39NO8/c1-6-27-21-25-14-9-13-15(30-2)10-24(17(14)18(13)32-4)26(21,35-12-34-24)20(33-5)19(25)23(11-28,22(27)29)8-7-16(25)31-3/h13-21,28H,6-12H2,1-5H3/t13-,14-,15+,16+,17-,18+,19-,20+,21?,23+,24-,25+,26-/m1/s1. The van der Waals surface area contributed by atoms with Crippen LogP contribution in [0, 0.1) is 34.5 Å². The maximum absolute atomic E-state index is 14.3. The van der Waals surface area contributed by atoms with Crippen LogP contribution in [0.5, 0.6) is 0 Å². The summed E-state index contributed by atoms with van der Waals surface area (Å²) >= 11 is 0. The van der Waals surface area contributed by atoms with Crippen LogP contribution >= 0.6 is 0 Å².